The summed E-state index contributed by atoms with van der Waals surface area (Å²) in [7, 11) is -1.70. The van der Waals surface area contributed by atoms with E-state index in [1.807, 2.05) is 5.38 Å². The van der Waals surface area contributed by atoms with Gasteiger partial charge in [0.25, 0.3) is 0 Å². The van der Waals surface area contributed by atoms with Gasteiger partial charge in [0.2, 0.25) is 0 Å². The van der Waals surface area contributed by atoms with Gasteiger partial charge in [0, 0.05) is 15.5 Å². The van der Waals surface area contributed by atoms with Gasteiger partial charge >= 0.3 is 7.12 Å². The van der Waals surface area contributed by atoms with Crippen LogP contribution in [-0.4, -0.2) is 22.3 Å². The molecular weight excluding hydrogens is 201 g/mol. The van der Waals surface area contributed by atoms with E-state index in [4.69, 9.17) is 15.8 Å². The molecule has 0 aliphatic heterocycles. The predicted molar refractivity (Wildman–Crippen MR) is 57.7 cm³/mol. The van der Waals surface area contributed by atoms with Crippen molar-refractivity contribution in [3.05, 3.63) is 17.5 Å². The second kappa shape index (κ2) is 3.16. The fraction of sp³-hybridized carbons (Fsp3) is 0. The van der Waals surface area contributed by atoms with Gasteiger partial charge in [-0.15, -0.1) is 11.3 Å². The molecule has 72 valence electrons. The van der Waals surface area contributed by atoms with Crippen molar-refractivity contribution >= 4 is 39.7 Å². The number of thiophene rings is 1. The summed E-state index contributed by atoms with van der Waals surface area (Å²) in [4.78, 5) is 0. The molecule has 1 heterocycles. The summed E-state index contributed by atoms with van der Waals surface area (Å²) in [5, 5.41) is 30.0. The first-order valence-electron chi connectivity index (χ1n) is 3.96. The maximum Gasteiger partial charge on any atom is 0.492 e. The van der Waals surface area contributed by atoms with Crippen LogP contribution in [0.4, 0.5) is 5.69 Å². The van der Waals surface area contributed by atoms with Crippen molar-refractivity contribution in [2.75, 3.05) is 5.73 Å². The van der Waals surface area contributed by atoms with E-state index in [9.17, 15) is 5.11 Å². The Labute approximate surface area is 84.4 Å². The Balaban J connectivity index is 2.80. The molecule has 0 aliphatic rings. The SMILES string of the molecule is Nc1c(O)c(B(O)O)cc2sccc12. The normalized spacial score (nSPS) is 10.7. The highest BCUT2D eigenvalue weighted by atomic mass is 32.1. The number of hydrogen-bond acceptors (Lipinski definition) is 5. The van der Waals surface area contributed by atoms with Gasteiger partial charge in [-0.05, 0) is 17.5 Å². The minimum atomic E-state index is -1.70. The van der Waals surface area contributed by atoms with Crippen LogP contribution in [-0.2, 0) is 0 Å². The van der Waals surface area contributed by atoms with Crippen LogP contribution in [0.15, 0.2) is 17.5 Å². The van der Waals surface area contributed by atoms with Gasteiger partial charge < -0.3 is 20.9 Å². The van der Waals surface area contributed by atoms with Crippen LogP contribution in [0.5, 0.6) is 5.75 Å². The Morgan fingerprint density at radius 3 is 2.71 bits per heavy atom. The number of anilines is 1. The van der Waals surface area contributed by atoms with Gasteiger partial charge in [-0.3, -0.25) is 0 Å². The van der Waals surface area contributed by atoms with Gasteiger partial charge in [-0.25, -0.2) is 0 Å². The smallest absolute Gasteiger partial charge is 0.492 e. The highest BCUT2D eigenvalue weighted by molar-refractivity contribution is 7.17. The summed E-state index contributed by atoms with van der Waals surface area (Å²) in [6.45, 7) is 0. The lowest BCUT2D eigenvalue weighted by atomic mass is 9.79. The molecule has 0 radical (unpaired) electrons. The number of nitrogens with two attached hydrogens (primary N) is 1. The Morgan fingerprint density at radius 1 is 1.36 bits per heavy atom. The Morgan fingerprint density at radius 2 is 2.07 bits per heavy atom. The summed E-state index contributed by atoms with van der Waals surface area (Å²) in [6, 6.07) is 3.30. The first-order valence-corrected chi connectivity index (χ1v) is 4.84. The quantitative estimate of drug-likeness (QED) is 0.299. The number of rotatable bonds is 1. The van der Waals surface area contributed by atoms with E-state index < -0.39 is 7.12 Å². The monoisotopic (exact) mass is 209 g/mol. The molecule has 5 N–H and O–H groups in total. The van der Waals surface area contributed by atoms with Gasteiger partial charge in [-0.1, -0.05) is 0 Å². The zero-order valence-electron chi connectivity index (χ0n) is 7.14. The molecular formula is C8H8BNO3S. The summed E-state index contributed by atoms with van der Waals surface area (Å²) >= 11 is 1.43. The Bertz CT molecular complexity index is 483. The van der Waals surface area contributed by atoms with Crippen molar-refractivity contribution in [2.45, 2.75) is 0 Å². The molecule has 0 saturated carbocycles. The van der Waals surface area contributed by atoms with Gasteiger partial charge in [0.15, 0.2) is 0 Å². The zero-order valence-corrected chi connectivity index (χ0v) is 7.95. The molecule has 0 amide bonds. The number of hydrogen-bond donors (Lipinski definition) is 4. The van der Waals surface area contributed by atoms with Crippen LogP contribution >= 0.6 is 11.3 Å². The summed E-state index contributed by atoms with van der Waals surface area (Å²) in [5.74, 6) is -0.258. The Hall–Kier alpha value is -1.24. The number of phenols is 1. The van der Waals surface area contributed by atoms with E-state index >= 15 is 0 Å². The number of fused-ring (bicyclic) bond motifs is 1. The molecule has 0 unspecified atom stereocenters. The molecule has 2 aromatic rings. The lowest BCUT2D eigenvalue weighted by Crippen LogP contribution is -2.30. The molecule has 0 saturated heterocycles. The summed E-state index contributed by atoms with van der Waals surface area (Å²) < 4.78 is 0.823. The molecule has 2 rings (SSSR count). The fourth-order valence-corrected chi connectivity index (χ4v) is 2.20. The van der Waals surface area contributed by atoms with Gasteiger partial charge in [0.05, 0.1) is 5.69 Å². The van der Waals surface area contributed by atoms with Crippen molar-refractivity contribution in [3.63, 3.8) is 0 Å². The average Bonchev–Trinajstić information content (AvgIpc) is 2.58. The van der Waals surface area contributed by atoms with E-state index in [1.165, 1.54) is 17.4 Å². The van der Waals surface area contributed by atoms with Crippen molar-refractivity contribution in [2.24, 2.45) is 0 Å². The number of nitrogen functional groups attached to an aromatic ring is 1. The number of aromatic hydroxyl groups is 1. The van der Waals surface area contributed by atoms with Crippen molar-refractivity contribution in [1.29, 1.82) is 0 Å². The summed E-state index contributed by atoms with van der Waals surface area (Å²) in [5.41, 5.74) is 5.86. The highest BCUT2D eigenvalue weighted by Gasteiger charge is 2.20. The van der Waals surface area contributed by atoms with E-state index in [-0.39, 0.29) is 16.9 Å². The van der Waals surface area contributed by atoms with Crippen molar-refractivity contribution in [1.82, 2.24) is 0 Å². The van der Waals surface area contributed by atoms with Gasteiger partial charge in [-0.2, -0.15) is 0 Å². The van der Waals surface area contributed by atoms with Gasteiger partial charge in [0.1, 0.15) is 5.75 Å². The third-order valence-electron chi connectivity index (χ3n) is 2.08. The predicted octanol–water partition coefficient (Wildman–Crippen LogP) is -0.131. The standard InChI is InChI=1S/C8H8BNO3S/c10-7-4-1-2-14-6(4)3-5(8(7)11)9(12)13/h1-3,11-13H,10H2. The Kier molecular flexibility index (Phi) is 2.11. The molecule has 4 nitrogen and oxygen atoms in total. The molecule has 0 spiro atoms. The first kappa shape index (κ1) is 9.33. The molecule has 1 aromatic carbocycles. The average molecular weight is 209 g/mol. The topological polar surface area (TPSA) is 86.7 Å². The second-order valence-electron chi connectivity index (χ2n) is 2.93. The molecule has 14 heavy (non-hydrogen) atoms. The molecule has 0 bridgehead atoms. The molecule has 1 aromatic heterocycles. The minimum absolute atomic E-state index is 0.0393. The number of benzene rings is 1. The van der Waals surface area contributed by atoms with Crippen LogP contribution in [0.1, 0.15) is 0 Å². The molecule has 0 aliphatic carbocycles. The van der Waals surface area contributed by atoms with Crippen LogP contribution in [0.2, 0.25) is 0 Å². The lowest BCUT2D eigenvalue weighted by Gasteiger charge is -2.07. The first-order chi connectivity index (χ1) is 6.61. The zero-order chi connectivity index (χ0) is 10.3. The van der Waals surface area contributed by atoms with E-state index in [0.717, 1.165) is 10.1 Å². The number of phenolic OH excluding ortho intramolecular Hbond substituents is 1. The summed E-state index contributed by atoms with van der Waals surface area (Å²) in [6.07, 6.45) is 0. The van der Waals surface area contributed by atoms with E-state index in [1.54, 1.807) is 6.07 Å². The van der Waals surface area contributed by atoms with E-state index in [2.05, 4.69) is 0 Å². The maximum absolute atomic E-state index is 9.54. The largest absolute Gasteiger partial charge is 0.506 e. The molecule has 0 atom stereocenters. The highest BCUT2D eigenvalue weighted by Crippen LogP contribution is 2.31. The van der Waals surface area contributed by atoms with Crippen LogP contribution in [0.25, 0.3) is 10.1 Å². The van der Waals surface area contributed by atoms with Crippen LogP contribution in [0.3, 0.4) is 0 Å². The van der Waals surface area contributed by atoms with E-state index in [0.29, 0.717) is 0 Å². The van der Waals surface area contributed by atoms with Crippen LogP contribution < -0.4 is 11.2 Å². The lowest BCUT2D eigenvalue weighted by molar-refractivity contribution is 0.420. The van der Waals surface area contributed by atoms with Crippen molar-refractivity contribution < 1.29 is 15.2 Å². The van der Waals surface area contributed by atoms with Crippen molar-refractivity contribution in [3.8, 4) is 5.75 Å². The third kappa shape index (κ3) is 1.24. The van der Waals surface area contributed by atoms with Crippen LogP contribution in [0, 0.1) is 0 Å². The third-order valence-corrected chi connectivity index (χ3v) is 2.94. The maximum atomic E-state index is 9.54. The second-order valence-corrected chi connectivity index (χ2v) is 3.88. The molecule has 0 fully saturated rings. The fourth-order valence-electron chi connectivity index (χ4n) is 1.34. The molecule has 6 heteroatoms. The minimum Gasteiger partial charge on any atom is -0.506 e.